The molecular weight excluding hydrogens is 310 g/mol. The summed E-state index contributed by atoms with van der Waals surface area (Å²) >= 11 is 0. The maximum Gasteiger partial charge on any atom is 0.322 e. The van der Waals surface area contributed by atoms with Crippen LogP contribution in [-0.2, 0) is 16.6 Å². The monoisotopic (exact) mass is 331 g/mol. The Labute approximate surface area is 139 Å². The Morgan fingerprint density at radius 2 is 2.21 bits per heavy atom. The topological polar surface area (TPSA) is 96.3 Å². The summed E-state index contributed by atoms with van der Waals surface area (Å²) in [5.74, 6) is 0.169. The van der Waals surface area contributed by atoms with Crippen LogP contribution in [0.25, 0.3) is 0 Å². The first-order valence-electron chi connectivity index (χ1n) is 8.41. The zero-order chi connectivity index (χ0) is 16.8. The fourth-order valence-corrected chi connectivity index (χ4v) is 3.95. The second-order valence-electron chi connectivity index (χ2n) is 7.02. The average Bonchev–Trinajstić information content (AvgIpc) is 3.13. The van der Waals surface area contributed by atoms with Gasteiger partial charge in [0.2, 0.25) is 5.91 Å². The van der Waals surface area contributed by atoms with Crippen molar-refractivity contribution in [1.29, 1.82) is 0 Å². The SMILES string of the molecule is Cn1cc([C@@H]2C[C@@H]2C(=O)N2CCC[C@@H]([C@@H]3NC(=O)NC3=O)C2)cn1. The molecule has 4 atom stereocenters. The van der Waals surface area contributed by atoms with Crippen molar-refractivity contribution in [2.75, 3.05) is 13.1 Å². The van der Waals surface area contributed by atoms with Crippen LogP contribution >= 0.6 is 0 Å². The smallest absolute Gasteiger partial charge is 0.322 e. The molecule has 1 aliphatic carbocycles. The number of nitrogens with one attached hydrogen (secondary N) is 2. The lowest BCUT2D eigenvalue weighted by atomic mass is 9.90. The summed E-state index contributed by atoms with van der Waals surface area (Å²) in [7, 11) is 1.87. The minimum Gasteiger partial charge on any atom is -0.342 e. The van der Waals surface area contributed by atoms with E-state index in [1.807, 2.05) is 24.3 Å². The van der Waals surface area contributed by atoms with Crippen molar-refractivity contribution in [3.63, 3.8) is 0 Å². The molecule has 1 aromatic heterocycles. The number of aryl methyl sites for hydroxylation is 1. The molecule has 3 fully saturated rings. The number of hydrogen-bond donors (Lipinski definition) is 2. The highest BCUT2D eigenvalue weighted by Crippen LogP contribution is 2.48. The van der Waals surface area contributed by atoms with Gasteiger partial charge in [-0.1, -0.05) is 0 Å². The summed E-state index contributed by atoms with van der Waals surface area (Å²) in [5, 5.41) is 9.11. The van der Waals surface area contributed by atoms with Crippen molar-refractivity contribution in [2.45, 2.75) is 31.2 Å². The molecule has 0 aromatic carbocycles. The number of carbonyl (C=O) groups excluding carboxylic acids is 3. The Hall–Kier alpha value is -2.38. The van der Waals surface area contributed by atoms with Crippen LogP contribution in [0.5, 0.6) is 0 Å². The van der Waals surface area contributed by atoms with E-state index in [1.165, 1.54) is 0 Å². The largest absolute Gasteiger partial charge is 0.342 e. The summed E-state index contributed by atoms with van der Waals surface area (Å²) in [4.78, 5) is 37.8. The lowest BCUT2D eigenvalue weighted by Crippen LogP contribution is -2.48. The summed E-state index contributed by atoms with van der Waals surface area (Å²) in [6, 6.07) is -0.950. The van der Waals surface area contributed by atoms with Crippen LogP contribution in [0.3, 0.4) is 0 Å². The van der Waals surface area contributed by atoms with Crippen LogP contribution in [0.15, 0.2) is 12.4 Å². The molecule has 1 aromatic rings. The molecule has 1 saturated carbocycles. The van der Waals surface area contributed by atoms with Crippen molar-refractivity contribution in [1.82, 2.24) is 25.3 Å². The van der Waals surface area contributed by atoms with Crippen LogP contribution in [-0.4, -0.2) is 51.7 Å². The second-order valence-corrected chi connectivity index (χ2v) is 7.02. The Balaban J connectivity index is 1.39. The number of amides is 4. The van der Waals surface area contributed by atoms with E-state index >= 15 is 0 Å². The van der Waals surface area contributed by atoms with Gasteiger partial charge in [-0.3, -0.25) is 19.6 Å². The molecule has 2 N–H and O–H groups in total. The number of piperidine rings is 1. The number of nitrogens with zero attached hydrogens (tertiary/aromatic N) is 3. The summed E-state index contributed by atoms with van der Waals surface area (Å²) in [6.07, 6.45) is 6.37. The highest BCUT2D eigenvalue weighted by Gasteiger charge is 2.48. The number of aromatic nitrogens is 2. The molecular formula is C16H21N5O3. The summed E-state index contributed by atoms with van der Waals surface area (Å²) < 4.78 is 1.76. The molecule has 8 heteroatoms. The van der Waals surface area contributed by atoms with Gasteiger partial charge in [-0.15, -0.1) is 0 Å². The third kappa shape index (κ3) is 2.65. The van der Waals surface area contributed by atoms with E-state index in [1.54, 1.807) is 4.68 Å². The number of likely N-dealkylation sites (tertiary alicyclic amines) is 1. The molecule has 2 saturated heterocycles. The number of urea groups is 1. The first kappa shape index (κ1) is 15.2. The third-order valence-electron chi connectivity index (χ3n) is 5.31. The normalized spacial score (nSPS) is 32.5. The van der Waals surface area contributed by atoms with E-state index in [-0.39, 0.29) is 29.6 Å². The Bertz CT molecular complexity index is 700. The predicted octanol–water partition coefficient (Wildman–Crippen LogP) is -0.0298. The molecule has 2 aliphatic heterocycles. The maximum absolute atomic E-state index is 12.8. The zero-order valence-electron chi connectivity index (χ0n) is 13.6. The molecule has 8 nitrogen and oxygen atoms in total. The van der Waals surface area contributed by atoms with Crippen LogP contribution in [0.4, 0.5) is 4.79 Å². The van der Waals surface area contributed by atoms with Crippen LogP contribution in [0.1, 0.15) is 30.7 Å². The molecule has 0 radical (unpaired) electrons. The Morgan fingerprint density at radius 1 is 1.38 bits per heavy atom. The van der Waals surface area contributed by atoms with Crippen LogP contribution in [0, 0.1) is 11.8 Å². The van der Waals surface area contributed by atoms with Gasteiger partial charge >= 0.3 is 6.03 Å². The van der Waals surface area contributed by atoms with Crippen molar-refractivity contribution in [2.24, 2.45) is 18.9 Å². The second kappa shape index (κ2) is 5.61. The van der Waals surface area contributed by atoms with E-state index in [0.717, 1.165) is 31.4 Å². The molecule has 3 aliphatic rings. The van der Waals surface area contributed by atoms with Gasteiger partial charge in [0.25, 0.3) is 5.91 Å². The fourth-order valence-electron chi connectivity index (χ4n) is 3.95. The molecule has 0 spiro atoms. The predicted molar refractivity (Wildman–Crippen MR) is 83.8 cm³/mol. The van der Waals surface area contributed by atoms with Gasteiger partial charge in [0, 0.05) is 38.2 Å². The van der Waals surface area contributed by atoms with Gasteiger partial charge < -0.3 is 10.2 Å². The molecule has 0 unspecified atom stereocenters. The van der Waals surface area contributed by atoms with Gasteiger partial charge in [-0.05, 0) is 30.7 Å². The van der Waals surface area contributed by atoms with Gasteiger partial charge in [0.15, 0.2) is 0 Å². The number of carbonyl (C=O) groups is 3. The minimum atomic E-state index is -0.513. The summed E-state index contributed by atoms with van der Waals surface area (Å²) in [6.45, 7) is 1.27. The number of hydrogen-bond acceptors (Lipinski definition) is 4. The van der Waals surface area contributed by atoms with Crippen molar-refractivity contribution in [3.05, 3.63) is 18.0 Å². The van der Waals surface area contributed by atoms with Gasteiger partial charge in [0.05, 0.1) is 6.20 Å². The number of imide groups is 1. The third-order valence-corrected chi connectivity index (χ3v) is 5.31. The van der Waals surface area contributed by atoms with E-state index in [4.69, 9.17) is 0 Å². The molecule has 4 rings (SSSR count). The first-order chi connectivity index (χ1) is 11.5. The Morgan fingerprint density at radius 3 is 2.88 bits per heavy atom. The molecule has 24 heavy (non-hydrogen) atoms. The molecule has 4 amide bonds. The van der Waals surface area contributed by atoms with Crippen LogP contribution < -0.4 is 10.6 Å². The fraction of sp³-hybridized carbons (Fsp3) is 0.625. The lowest BCUT2D eigenvalue weighted by molar-refractivity contribution is -0.135. The van der Waals surface area contributed by atoms with Gasteiger partial charge in [-0.2, -0.15) is 5.10 Å². The van der Waals surface area contributed by atoms with Crippen LogP contribution in [0.2, 0.25) is 0 Å². The highest BCUT2D eigenvalue weighted by molar-refractivity contribution is 6.04. The quantitative estimate of drug-likeness (QED) is 0.760. The van der Waals surface area contributed by atoms with E-state index in [0.29, 0.717) is 6.54 Å². The minimum absolute atomic E-state index is 0.00950. The molecule has 128 valence electrons. The average molecular weight is 331 g/mol. The van der Waals surface area contributed by atoms with Crippen molar-refractivity contribution >= 4 is 17.8 Å². The maximum atomic E-state index is 12.8. The molecule has 0 bridgehead atoms. The van der Waals surface area contributed by atoms with Gasteiger partial charge in [-0.25, -0.2) is 4.79 Å². The van der Waals surface area contributed by atoms with E-state index in [9.17, 15) is 14.4 Å². The lowest BCUT2D eigenvalue weighted by Gasteiger charge is -2.34. The number of rotatable bonds is 3. The van der Waals surface area contributed by atoms with E-state index < -0.39 is 12.1 Å². The van der Waals surface area contributed by atoms with Gasteiger partial charge in [0.1, 0.15) is 6.04 Å². The molecule has 3 heterocycles. The van der Waals surface area contributed by atoms with Crippen molar-refractivity contribution in [3.8, 4) is 0 Å². The Kier molecular flexibility index (Phi) is 3.54. The zero-order valence-corrected chi connectivity index (χ0v) is 13.6. The first-order valence-corrected chi connectivity index (χ1v) is 8.41. The standard InChI is InChI=1S/C16H21N5O3/c1-20-7-10(6-17-20)11-5-12(11)15(23)21-4-2-3-9(8-21)13-14(22)19-16(24)18-13/h6-7,9,11-13H,2-5,8H2,1H3,(H2,18,19,22,24)/t9-,11+,12+,13+/m1/s1. The van der Waals surface area contributed by atoms with Crippen molar-refractivity contribution < 1.29 is 14.4 Å². The van der Waals surface area contributed by atoms with E-state index in [2.05, 4.69) is 15.7 Å². The summed E-state index contributed by atoms with van der Waals surface area (Å²) in [5.41, 5.74) is 1.12. The highest BCUT2D eigenvalue weighted by atomic mass is 16.2.